The van der Waals surface area contributed by atoms with Gasteiger partial charge in [-0.3, -0.25) is 23.7 Å². The molecule has 1 aromatic heterocycles. The molecule has 0 radical (unpaired) electrons. The van der Waals surface area contributed by atoms with Gasteiger partial charge >= 0.3 is 0 Å². The molecule has 1 N–H and O–H groups in total. The molecule has 1 heterocycles. The first kappa shape index (κ1) is 30.2. The second kappa shape index (κ2) is 12.8. The molecule has 1 amide bonds. The highest BCUT2D eigenvalue weighted by Crippen LogP contribution is 2.25. The van der Waals surface area contributed by atoms with Crippen molar-refractivity contribution >= 4 is 23.2 Å². The molecular formula is C33H31F2N3O4. The zero-order valence-corrected chi connectivity index (χ0v) is 23.8. The summed E-state index contributed by atoms with van der Waals surface area (Å²) in [5, 5.41) is 2.64. The van der Waals surface area contributed by atoms with Crippen LogP contribution in [0.4, 0.5) is 14.5 Å². The highest BCUT2D eigenvalue weighted by atomic mass is 19.1. The number of hydrogen-bond acceptors (Lipinski definition) is 5. The summed E-state index contributed by atoms with van der Waals surface area (Å²) in [7, 11) is 0. The lowest BCUT2D eigenvalue weighted by atomic mass is 10.00. The fraction of sp³-hybridized carbons (Fsp3) is 0.242. The van der Waals surface area contributed by atoms with Gasteiger partial charge in [-0.2, -0.15) is 0 Å². The first-order valence-electron chi connectivity index (χ1n) is 13.7. The van der Waals surface area contributed by atoms with E-state index in [1.54, 1.807) is 32.0 Å². The number of halogens is 2. The number of nitrogens with zero attached hydrogens (tertiary/aromatic N) is 2. The molecule has 1 atom stereocenters. The Morgan fingerprint density at radius 3 is 2.26 bits per heavy atom. The second-order valence-corrected chi connectivity index (χ2v) is 10.2. The minimum atomic E-state index is -0.700. The van der Waals surface area contributed by atoms with Gasteiger partial charge in [0.1, 0.15) is 23.1 Å². The molecule has 0 saturated heterocycles. The normalized spacial score (nSPS) is 11.7. The zero-order valence-electron chi connectivity index (χ0n) is 23.8. The highest BCUT2D eigenvalue weighted by molar-refractivity contribution is 6.09. The largest absolute Gasteiger partial charge is 0.320 e. The van der Waals surface area contributed by atoms with E-state index in [0.29, 0.717) is 17.5 Å². The van der Waals surface area contributed by atoms with Crippen LogP contribution in [0, 0.1) is 24.5 Å². The van der Waals surface area contributed by atoms with Gasteiger partial charge in [0, 0.05) is 34.6 Å². The Bertz CT molecular complexity index is 1730. The summed E-state index contributed by atoms with van der Waals surface area (Å²) < 4.78 is 29.5. The van der Waals surface area contributed by atoms with Gasteiger partial charge in [-0.15, -0.1) is 0 Å². The molecule has 4 aromatic rings. The Morgan fingerprint density at radius 2 is 1.60 bits per heavy atom. The molecule has 216 valence electrons. The third kappa shape index (κ3) is 6.57. The number of rotatable bonds is 10. The molecule has 42 heavy (non-hydrogen) atoms. The maximum atomic E-state index is 14.8. The van der Waals surface area contributed by atoms with Crippen LogP contribution >= 0.6 is 0 Å². The van der Waals surface area contributed by atoms with Gasteiger partial charge in [0.15, 0.2) is 11.6 Å². The zero-order chi connectivity index (χ0) is 30.6. The minimum Gasteiger partial charge on any atom is -0.320 e. The minimum absolute atomic E-state index is 0.0205. The number of anilines is 1. The van der Waals surface area contributed by atoms with Crippen LogP contribution in [0.5, 0.6) is 0 Å². The fourth-order valence-corrected chi connectivity index (χ4v) is 4.44. The summed E-state index contributed by atoms with van der Waals surface area (Å²) in [5.74, 6) is -2.30. The molecule has 0 unspecified atom stereocenters. The molecule has 0 spiro atoms. The van der Waals surface area contributed by atoms with E-state index in [4.69, 9.17) is 0 Å². The van der Waals surface area contributed by atoms with Crippen LogP contribution in [-0.4, -0.2) is 27.0 Å². The van der Waals surface area contributed by atoms with Crippen LogP contribution in [0.15, 0.2) is 71.7 Å². The molecule has 0 aliphatic heterocycles. The smallest absolute Gasteiger partial charge is 0.277 e. The van der Waals surface area contributed by atoms with Crippen molar-refractivity contribution < 1.29 is 23.2 Å². The van der Waals surface area contributed by atoms with Crippen LogP contribution < -0.4 is 10.9 Å². The van der Waals surface area contributed by atoms with Crippen molar-refractivity contribution in [3.05, 3.63) is 117 Å². The number of aromatic nitrogens is 2. The SMILES string of the molecule is CCC(=O)c1ccc(C)c(-c2ncc(NC(=O)[C@H](C)CC)c(=O)n2Cc2cc(F)cc(C(=O)c3ccc(F)cc3)c2)c1. The molecule has 0 aliphatic rings. The average Bonchev–Trinajstić information content (AvgIpc) is 2.98. The maximum Gasteiger partial charge on any atom is 0.277 e. The van der Waals surface area contributed by atoms with E-state index >= 15 is 0 Å². The van der Waals surface area contributed by atoms with E-state index in [2.05, 4.69) is 10.3 Å². The molecule has 3 aromatic carbocycles. The highest BCUT2D eigenvalue weighted by Gasteiger charge is 2.20. The number of hydrogen-bond donors (Lipinski definition) is 1. The molecule has 0 fully saturated rings. The average molecular weight is 572 g/mol. The maximum absolute atomic E-state index is 14.8. The van der Waals surface area contributed by atoms with Gasteiger partial charge in [-0.1, -0.05) is 32.9 Å². The predicted octanol–water partition coefficient (Wildman–Crippen LogP) is 6.35. The summed E-state index contributed by atoms with van der Waals surface area (Å²) in [6.45, 7) is 6.96. The Hall–Kier alpha value is -4.79. The van der Waals surface area contributed by atoms with Crippen LogP contribution in [0.25, 0.3) is 11.4 Å². The van der Waals surface area contributed by atoms with E-state index in [9.17, 15) is 28.0 Å². The van der Waals surface area contributed by atoms with Crippen LogP contribution in [0.2, 0.25) is 0 Å². The van der Waals surface area contributed by atoms with Gasteiger partial charge < -0.3 is 5.32 Å². The Balaban J connectivity index is 1.85. The van der Waals surface area contributed by atoms with Gasteiger partial charge in [0.25, 0.3) is 5.56 Å². The molecule has 0 saturated carbocycles. The second-order valence-electron chi connectivity index (χ2n) is 10.2. The van der Waals surface area contributed by atoms with Gasteiger partial charge in [-0.05, 0) is 73.0 Å². The number of amides is 1. The van der Waals surface area contributed by atoms with Crippen LogP contribution in [-0.2, 0) is 11.3 Å². The van der Waals surface area contributed by atoms with Crippen molar-refractivity contribution in [2.75, 3.05) is 5.32 Å². The quantitative estimate of drug-likeness (QED) is 0.224. The van der Waals surface area contributed by atoms with Crippen molar-refractivity contribution in [3.8, 4) is 11.4 Å². The lowest BCUT2D eigenvalue weighted by Gasteiger charge is -2.17. The van der Waals surface area contributed by atoms with Crippen molar-refractivity contribution in [2.24, 2.45) is 5.92 Å². The molecule has 0 bridgehead atoms. The topological polar surface area (TPSA) is 98.1 Å². The van der Waals surface area contributed by atoms with E-state index in [-0.39, 0.29) is 58.8 Å². The number of Topliss-reactive ketones (excluding diaryl/α,β-unsaturated/α-hetero) is 1. The van der Waals surface area contributed by atoms with Crippen molar-refractivity contribution in [3.63, 3.8) is 0 Å². The summed E-state index contributed by atoms with van der Waals surface area (Å²) in [4.78, 5) is 56.4. The molecule has 0 aliphatic carbocycles. The molecule has 9 heteroatoms. The number of carbonyl (C=O) groups excluding carboxylic acids is 3. The Kier molecular flexibility index (Phi) is 9.20. The Morgan fingerprint density at radius 1 is 0.905 bits per heavy atom. The third-order valence-electron chi connectivity index (χ3n) is 7.15. The van der Waals surface area contributed by atoms with Crippen molar-refractivity contribution in [1.29, 1.82) is 0 Å². The van der Waals surface area contributed by atoms with E-state index in [1.807, 2.05) is 13.8 Å². The lowest BCUT2D eigenvalue weighted by molar-refractivity contribution is -0.119. The third-order valence-corrected chi connectivity index (χ3v) is 7.15. The van der Waals surface area contributed by atoms with Crippen LogP contribution in [0.3, 0.4) is 0 Å². The van der Waals surface area contributed by atoms with Crippen LogP contribution in [0.1, 0.15) is 71.0 Å². The van der Waals surface area contributed by atoms with Crippen molar-refractivity contribution in [1.82, 2.24) is 9.55 Å². The molecule has 4 rings (SSSR count). The van der Waals surface area contributed by atoms with Gasteiger partial charge in [-0.25, -0.2) is 13.8 Å². The molecule has 7 nitrogen and oxygen atoms in total. The number of benzene rings is 3. The first-order chi connectivity index (χ1) is 20.0. The standard InChI is InChI=1S/C33H31F2N3O4/c1-5-19(3)32(41)37-28-17-36-31(27-16-23(29(39)6-2)8-7-20(27)4)38(33(28)42)18-21-13-24(15-26(35)14-21)30(40)22-9-11-25(34)12-10-22/h7-17,19H,5-6,18H2,1-4H3,(H,37,41)/t19-/m1/s1. The summed E-state index contributed by atoms with van der Waals surface area (Å²) in [5.41, 5.74) is 1.56. The van der Waals surface area contributed by atoms with E-state index in [0.717, 1.165) is 23.8 Å². The number of ketones is 2. The molecular weight excluding hydrogens is 540 g/mol. The predicted molar refractivity (Wildman–Crippen MR) is 157 cm³/mol. The lowest BCUT2D eigenvalue weighted by Crippen LogP contribution is -2.30. The number of aryl methyl sites for hydroxylation is 1. The summed E-state index contributed by atoms with van der Waals surface area (Å²) in [6.07, 6.45) is 2.13. The first-order valence-corrected chi connectivity index (χ1v) is 13.7. The fourth-order valence-electron chi connectivity index (χ4n) is 4.44. The number of nitrogens with one attached hydrogen (secondary N) is 1. The number of carbonyl (C=O) groups is 3. The van der Waals surface area contributed by atoms with Gasteiger partial charge in [0.2, 0.25) is 5.91 Å². The Labute approximate surface area is 242 Å². The van der Waals surface area contributed by atoms with E-state index in [1.165, 1.54) is 35.0 Å². The monoisotopic (exact) mass is 571 g/mol. The summed E-state index contributed by atoms with van der Waals surface area (Å²) in [6, 6.07) is 13.8. The van der Waals surface area contributed by atoms with Gasteiger partial charge in [0.05, 0.1) is 12.7 Å². The summed E-state index contributed by atoms with van der Waals surface area (Å²) >= 11 is 0. The van der Waals surface area contributed by atoms with Crippen molar-refractivity contribution in [2.45, 2.75) is 47.1 Å². The van der Waals surface area contributed by atoms with E-state index < -0.39 is 23.0 Å².